The number of halogens is 1. The predicted molar refractivity (Wildman–Crippen MR) is 143 cm³/mol. The number of piperidine rings is 1. The number of nitrogens with zero attached hydrogens (tertiary/aromatic N) is 4. The minimum atomic E-state index is -0.334. The van der Waals surface area contributed by atoms with Gasteiger partial charge >= 0.3 is 0 Å². The molecule has 1 atom stereocenters. The van der Waals surface area contributed by atoms with Gasteiger partial charge in [0.25, 0.3) is 5.91 Å². The molecule has 1 aliphatic carbocycles. The Morgan fingerprint density at radius 2 is 1.84 bits per heavy atom. The fourth-order valence-electron chi connectivity index (χ4n) is 5.96. The molecule has 1 saturated heterocycles. The molecular formula is C29H38FN5O2. The van der Waals surface area contributed by atoms with Gasteiger partial charge in [-0.15, -0.1) is 0 Å². The van der Waals surface area contributed by atoms with E-state index in [1.165, 1.54) is 17.7 Å². The number of nitrogens with one attached hydrogen (secondary N) is 1. The molecule has 3 aromatic rings. The molecule has 1 amide bonds. The van der Waals surface area contributed by atoms with Crippen molar-refractivity contribution in [2.75, 3.05) is 18.4 Å². The number of aliphatic hydroxyl groups excluding tert-OH is 1. The van der Waals surface area contributed by atoms with Crippen molar-refractivity contribution in [1.29, 1.82) is 0 Å². The molecule has 37 heavy (non-hydrogen) atoms. The Morgan fingerprint density at radius 3 is 2.51 bits per heavy atom. The summed E-state index contributed by atoms with van der Waals surface area (Å²) in [5.74, 6) is 0.605. The van der Waals surface area contributed by atoms with Gasteiger partial charge in [-0.3, -0.25) is 4.79 Å². The first-order valence-corrected chi connectivity index (χ1v) is 13.8. The molecule has 2 N–H and O–H groups in total. The minimum Gasteiger partial charge on any atom is -0.393 e. The van der Waals surface area contributed by atoms with E-state index in [1.54, 1.807) is 12.1 Å². The van der Waals surface area contributed by atoms with Crippen molar-refractivity contribution in [2.45, 2.75) is 89.3 Å². The van der Waals surface area contributed by atoms with Crippen LogP contribution in [0.1, 0.15) is 93.1 Å². The van der Waals surface area contributed by atoms with Gasteiger partial charge in [0.1, 0.15) is 11.5 Å². The number of anilines is 1. The number of rotatable bonds is 7. The second-order valence-corrected chi connectivity index (χ2v) is 10.8. The maximum Gasteiger partial charge on any atom is 0.253 e. The summed E-state index contributed by atoms with van der Waals surface area (Å²) in [5.41, 5.74) is 2.74. The van der Waals surface area contributed by atoms with Crippen molar-refractivity contribution < 1.29 is 14.3 Å². The Kier molecular flexibility index (Phi) is 7.74. The summed E-state index contributed by atoms with van der Waals surface area (Å²) in [5, 5.41) is 14.6. The van der Waals surface area contributed by atoms with Gasteiger partial charge in [0.15, 0.2) is 0 Å². The molecule has 198 valence electrons. The van der Waals surface area contributed by atoms with Crippen molar-refractivity contribution in [2.24, 2.45) is 0 Å². The molecule has 1 aliphatic heterocycles. The van der Waals surface area contributed by atoms with E-state index < -0.39 is 0 Å². The number of fused-ring (bicyclic) bond motifs is 1. The zero-order valence-electron chi connectivity index (χ0n) is 21.9. The van der Waals surface area contributed by atoms with Crippen LogP contribution in [0.5, 0.6) is 0 Å². The Morgan fingerprint density at radius 1 is 1.14 bits per heavy atom. The van der Waals surface area contributed by atoms with Crippen molar-refractivity contribution in [3.05, 3.63) is 53.6 Å². The fourth-order valence-corrected chi connectivity index (χ4v) is 5.96. The standard InChI is InChI=1S/C29H38FN5O2/c1-3-4-19(2)32-29-31-17-25-26(18-35(27(25)33-29)23-9-11-24(36)12-10-23)20-13-15-34(16-14-20)28(37)21-5-7-22(30)8-6-21/h5-8,17-20,23-24,36H,3-4,9-16H2,1-2H3,(H,31,32,33)/t19-,23?,24?/m0/s1. The zero-order valence-corrected chi connectivity index (χ0v) is 21.9. The Hall–Kier alpha value is -3.00. The van der Waals surface area contributed by atoms with Crippen LogP contribution in [0.15, 0.2) is 36.7 Å². The molecular weight excluding hydrogens is 469 g/mol. The SMILES string of the molecule is CCC[C@H](C)Nc1ncc2c(C3CCN(C(=O)c4ccc(F)cc4)CC3)cn(C3CCC(O)CC3)c2n1. The lowest BCUT2D eigenvalue weighted by Gasteiger charge is -2.32. The van der Waals surface area contributed by atoms with Crippen LogP contribution in [0, 0.1) is 5.82 Å². The van der Waals surface area contributed by atoms with Crippen molar-refractivity contribution in [1.82, 2.24) is 19.4 Å². The van der Waals surface area contributed by atoms with Crippen LogP contribution >= 0.6 is 0 Å². The number of benzene rings is 1. The molecule has 8 heteroatoms. The van der Waals surface area contributed by atoms with Crippen LogP contribution < -0.4 is 5.32 Å². The molecule has 0 spiro atoms. The van der Waals surface area contributed by atoms with Gasteiger partial charge in [0.2, 0.25) is 5.95 Å². The van der Waals surface area contributed by atoms with E-state index in [9.17, 15) is 14.3 Å². The number of carbonyl (C=O) groups is 1. The number of carbonyl (C=O) groups excluding carboxylic acids is 1. The molecule has 0 bridgehead atoms. The summed E-state index contributed by atoms with van der Waals surface area (Å²) in [4.78, 5) is 24.5. The number of hydrogen-bond donors (Lipinski definition) is 2. The molecule has 1 aromatic carbocycles. The third kappa shape index (κ3) is 5.64. The number of amides is 1. The Bertz CT molecular complexity index is 1210. The third-order valence-electron chi connectivity index (χ3n) is 8.07. The van der Waals surface area contributed by atoms with Crippen molar-refractivity contribution in [3.63, 3.8) is 0 Å². The van der Waals surface area contributed by atoms with E-state index in [0.29, 0.717) is 42.6 Å². The lowest BCUT2D eigenvalue weighted by atomic mass is 9.89. The second kappa shape index (κ2) is 11.2. The smallest absolute Gasteiger partial charge is 0.253 e. The summed E-state index contributed by atoms with van der Waals surface area (Å²) >= 11 is 0. The Balaban J connectivity index is 1.38. The molecule has 5 rings (SSSR count). The van der Waals surface area contributed by atoms with Gasteiger partial charge in [-0.05, 0) is 87.6 Å². The highest BCUT2D eigenvalue weighted by molar-refractivity contribution is 5.94. The van der Waals surface area contributed by atoms with Crippen LogP contribution in [-0.4, -0.2) is 55.7 Å². The van der Waals surface area contributed by atoms with Crippen molar-refractivity contribution in [3.8, 4) is 0 Å². The maximum atomic E-state index is 13.3. The van der Waals surface area contributed by atoms with Crippen LogP contribution in [0.3, 0.4) is 0 Å². The molecule has 3 heterocycles. The minimum absolute atomic E-state index is 0.0399. The van der Waals surface area contributed by atoms with Crippen molar-refractivity contribution >= 4 is 22.9 Å². The van der Waals surface area contributed by atoms with E-state index in [4.69, 9.17) is 4.98 Å². The monoisotopic (exact) mass is 507 g/mol. The highest BCUT2D eigenvalue weighted by Gasteiger charge is 2.29. The largest absolute Gasteiger partial charge is 0.393 e. The maximum absolute atomic E-state index is 13.3. The topological polar surface area (TPSA) is 83.3 Å². The molecule has 7 nitrogen and oxygen atoms in total. The summed E-state index contributed by atoms with van der Waals surface area (Å²) in [6.07, 6.45) is 11.4. The lowest BCUT2D eigenvalue weighted by Crippen LogP contribution is -2.37. The van der Waals surface area contributed by atoms with E-state index in [-0.39, 0.29) is 17.8 Å². The average Bonchev–Trinajstić information content (AvgIpc) is 3.28. The zero-order chi connectivity index (χ0) is 25.9. The summed E-state index contributed by atoms with van der Waals surface area (Å²) in [7, 11) is 0. The third-order valence-corrected chi connectivity index (χ3v) is 8.07. The summed E-state index contributed by atoms with van der Waals surface area (Å²) in [6.45, 7) is 5.66. The van der Waals surface area contributed by atoms with Gasteiger partial charge in [-0.2, -0.15) is 4.98 Å². The van der Waals surface area contributed by atoms with E-state index in [0.717, 1.165) is 62.4 Å². The summed E-state index contributed by atoms with van der Waals surface area (Å²) < 4.78 is 15.6. The Labute approximate surface area is 218 Å². The summed E-state index contributed by atoms with van der Waals surface area (Å²) in [6, 6.07) is 6.41. The molecule has 0 unspecified atom stereocenters. The molecule has 1 saturated carbocycles. The lowest BCUT2D eigenvalue weighted by molar-refractivity contribution is 0.0713. The van der Waals surface area contributed by atoms with E-state index >= 15 is 0 Å². The molecule has 2 aliphatic rings. The van der Waals surface area contributed by atoms with Gasteiger partial charge in [0.05, 0.1) is 6.10 Å². The highest BCUT2D eigenvalue weighted by atomic mass is 19.1. The van der Waals surface area contributed by atoms with Crippen LogP contribution in [0.25, 0.3) is 11.0 Å². The number of hydrogen-bond acceptors (Lipinski definition) is 5. The van der Waals surface area contributed by atoms with Crippen LogP contribution in [-0.2, 0) is 0 Å². The quantitative estimate of drug-likeness (QED) is 0.431. The number of aliphatic hydroxyl groups is 1. The highest BCUT2D eigenvalue weighted by Crippen LogP contribution is 2.38. The van der Waals surface area contributed by atoms with Gasteiger partial charge in [-0.25, -0.2) is 9.37 Å². The number of likely N-dealkylation sites (tertiary alicyclic amines) is 1. The molecule has 2 fully saturated rings. The first-order valence-electron chi connectivity index (χ1n) is 13.8. The van der Waals surface area contributed by atoms with E-state index in [1.807, 2.05) is 11.1 Å². The molecule has 0 radical (unpaired) electrons. The van der Waals surface area contributed by atoms with E-state index in [2.05, 4.69) is 34.9 Å². The number of aromatic nitrogens is 3. The van der Waals surface area contributed by atoms with Gasteiger partial charge in [0, 0.05) is 48.5 Å². The van der Waals surface area contributed by atoms with Gasteiger partial charge in [-0.1, -0.05) is 13.3 Å². The van der Waals surface area contributed by atoms with Crippen LogP contribution in [0.4, 0.5) is 10.3 Å². The average molecular weight is 508 g/mol. The normalized spacial score (nSPS) is 21.8. The fraction of sp³-hybridized carbons (Fsp3) is 0.552. The first kappa shape index (κ1) is 25.6. The van der Waals surface area contributed by atoms with Gasteiger partial charge < -0.3 is 19.9 Å². The van der Waals surface area contributed by atoms with Crippen LogP contribution in [0.2, 0.25) is 0 Å². The first-order chi connectivity index (χ1) is 17.9. The predicted octanol–water partition coefficient (Wildman–Crippen LogP) is 5.67. The second-order valence-electron chi connectivity index (χ2n) is 10.8. The molecule has 2 aromatic heterocycles.